The number of hydrogen-bond acceptors (Lipinski definition) is 3. The monoisotopic (exact) mass is 315 g/mol. The van der Waals surface area contributed by atoms with Crippen molar-refractivity contribution >= 4 is 38.2 Å². The summed E-state index contributed by atoms with van der Waals surface area (Å²) in [5.41, 5.74) is 1.79. The Morgan fingerprint density at radius 2 is 2.00 bits per heavy atom. The lowest BCUT2D eigenvalue weighted by Gasteiger charge is -2.28. The van der Waals surface area contributed by atoms with Crippen molar-refractivity contribution in [2.24, 2.45) is 0 Å². The van der Waals surface area contributed by atoms with Gasteiger partial charge >= 0.3 is 0 Å². The van der Waals surface area contributed by atoms with Crippen LogP contribution in [0.1, 0.15) is 17.3 Å². The number of carbonyl (C=O) groups is 1. The van der Waals surface area contributed by atoms with Crippen LogP contribution in [0, 0.1) is 0 Å². The third kappa shape index (κ3) is 2.96. The first kappa shape index (κ1) is 12.8. The Balaban J connectivity index is 2.20. The lowest BCUT2D eigenvalue weighted by molar-refractivity contribution is 0.101. The Bertz CT molecular complexity index is 466. The highest BCUT2D eigenvalue weighted by Crippen LogP contribution is 2.25. The summed E-state index contributed by atoms with van der Waals surface area (Å²) in [6.07, 6.45) is 0. The molecule has 0 radical (unpaired) electrons. The van der Waals surface area contributed by atoms with E-state index in [1.807, 2.05) is 18.2 Å². The standard InChI is InChI=1S/C12H14BrNO2S/c1-9(15)11-3-2-10(8-12(11)13)14-4-6-17(16)7-5-14/h2-3,8H,4-7H2,1H3. The Morgan fingerprint density at radius 1 is 1.35 bits per heavy atom. The number of Topliss-reactive ketones (excluding diaryl/α,β-unsaturated/α-hetero) is 1. The molecule has 0 spiro atoms. The van der Waals surface area contributed by atoms with Gasteiger partial charge in [-0.3, -0.25) is 9.00 Å². The summed E-state index contributed by atoms with van der Waals surface area (Å²) >= 11 is 3.42. The molecule has 0 aliphatic carbocycles. The molecule has 0 unspecified atom stereocenters. The van der Waals surface area contributed by atoms with E-state index < -0.39 is 10.8 Å². The van der Waals surface area contributed by atoms with Crippen molar-refractivity contribution < 1.29 is 9.00 Å². The van der Waals surface area contributed by atoms with Gasteiger partial charge in [0.1, 0.15) is 0 Å². The minimum atomic E-state index is -0.659. The number of anilines is 1. The van der Waals surface area contributed by atoms with Gasteiger partial charge in [0.2, 0.25) is 0 Å². The number of nitrogens with zero attached hydrogens (tertiary/aromatic N) is 1. The lowest BCUT2D eigenvalue weighted by atomic mass is 10.1. The summed E-state index contributed by atoms with van der Waals surface area (Å²) in [6.45, 7) is 3.20. The van der Waals surface area contributed by atoms with Crippen molar-refractivity contribution in [3.63, 3.8) is 0 Å². The molecule has 3 nitrogen and oxygen atoms in total. The van der Waals surface area contributed by atoms with Crippen molar-refractivity contribution in [3.8, 4) is 0 Å². The summed E-state index contributed by atoms with van der Waals surface area (Å²) in [6, 6.07) is 5.76. The Hall–Kier alpha value is -0.680. The Morgan fingerprint density at radius 3 is 2.53 bits per heavy atom. The molecule has 2 rings (SSSR count). The van der Waals surface area contributed by atoms with Crippen molar-refractivity contribution in [2.45, 2.75) is 6.92 Å². The highest BCUT2D eigenvalue weighted by molar-refractivity contribution is 9.10. The Kier molecular flexibility index (Phi) is 3.99. The first-order chi connectivity index (χ1) is 8.08. The molecule has 0 N–H and O–H groups in total. The van der Waals surface area contributed by atoms with Crippen molar-refractivity contribution in [1.82, 2.24) is 0 Å². The van der Waals surface area contributed by atoms with E-state index in [9.17, 15) is 9.00 Å². The maximum Gasteiger partial charge on any atom is 0.160 e. The maximum absolute atomic E-state index is 11.3. The first-order valence-electron chi connectivity index (χ1n) is 5.48. The molecule has 0 bridgehead atoms. The van der Waals surface area contributed by atoms with Gasteiger partial charge in [-0.1, -0.05) is 0 Å². The number of rotatable bonds is 2. The number of hydrogen-bond donors (Lipinski definition) is 0. The van der Waals surface area contributed by atoms with E-state index >= 15 is 0 Å². The average Bonchev–Trinajstić information content (AvgIpc) is 2.29. The van der Waals surface area contributed by atoms with Crippen LogP contribution in [0.4, 0.5) is 5.69 Å². The van der Waals surface area contributed by atoms with Gasteiger partial charge in [-0.15, -0.1) is 0 Å². The third-order valence-corrected chi connectivity index (χ3v) is 4.81. The lowest BCUT2D eigenvalue weighted by Crippen LogP contribution is -2.37. The van der Waals surface area contributed by atoms with Crippen LogP contribution in [0.3, 0.4) is 0 Å². The zero-order valence-electron chi connectivity index (χ0n) is 9.61. The third-order valence-electron chi connectivity index (χ3n) is 2.87. The van der Waals surface area contributed by atoms with Gasteiger partial charge in [-0.05, 0) is 41.1 Å². The quantitative estimate of drug-likeness (QED) is 0.785. The van der Waals surface area contributed by atoms with Crippen LogP contribution < -0.4 is 4.90 Å². The highest BCUT2D eigenvalue weighted by atomic mass is 79.9. The number of carbonyl (C=O) groups excluding carboxylic acids is 1. The molecule has 17 heavy (non-hydrogen) atoms. The molecule has 92 valence electrons. The molecule has 0 amide bonds. The van der Waals surface area contributed by atoms with Gasteiger partial charge in [0.25, 0.3) is 0 Å². The van der Waals surface area contributed by atoms with Gasteiger partial charge in [0.05, 0.1) is 0 Å². The van der Waals surface area contributed by atoms with Crippen molar-refractivity contribution in [2.75, 3.05) is 29.5 Å². The first-order valence-corrected chi connectivity index (χ1v) is 7.76. The molecular weight excluding hydrogens is 302 g/mol. The van der Waals surface area contributed by atoms with E-state index in [2.05, 4.69) is 20.8 Å². The zero-order valence-corrected chi connectivity index (χ0v) is 12.0. The molecular formula is C12H14BrNO2S. The van der Waals surface area contributed by atoms with Crippen LogP contribution in [0.5, 0.6) is 0 Å². The van der Waals surface area contributed by atoms with Crippen molar-refractivity contribution in [3.05, 3.63) is 28.2 Å². The average molecular weight is 316 g/mol. The second-order valence-corrected chi connectivity index (χ2v) is 6.61. The van der Waals surface area contributed by atoms with E-state index in [-0.39, 0.29) is 5.78 Å². The fraction of sp³-hybridized carbons (Fsp3) is 0.417. The molecule has 1 aromatic rings. The molecule has 0 aromatic heterocycles. The molecule has 1 aromatic carbocycles. The minimum absolute atomic E-state index is 0.0585. The summed E-state index contributed by atoms with van der Waals surface area (Å²) in [5.74, 6) is 1.51. The van der Waals surface area contributed by atoms with Crippen LogP contribution in [0.2, 0.25) is 0 Å². The van der Waals surface area contributed by atoms with E-state index in [4.69, 9.17) is 0 Å². The van der Waals surface area contributed by atoms with Gasteiger partial charge in [-0.2, -0.15) is 0 Å². The van der Waals surface area contributed by atoms with Crippen LogP contribution in [0.15, 0.2) is 22.7 Å². The second-order valence-electron chi connectivity index (χ2n) is 4.06. The SMILES string of the molecule is CC(=O)c1ccc(N2CCS(=O)CC2)cc1Br. The molecule has 1 aliphatic heterocycles. The van der Waals surface area contributed by atoms with Crippen LogP contribution in [-0.4, -0.2) is 34.6 Å². The van der Waals surface area contributed by atoms with Gasteiger partial charge in [0.15, 0.2) is 5.78 Å². The van der Waals surface area contributed by atoms with E-state index in [0.29, 0.717) is 5.56 Å². The highest BCUT2D eigenvalue weighted by Gasteiger charge is 2.16. The van der Waals surface area contributed by atoms with Gasteiger partial charge < -0.3 is 4.90 Å². The summed E-state index contributed by atoms with van der Waals surface area (Å²) < 4.78 is 12.1. The molecule has 0 atom stereocenters. The maximum atomic E-state index is 11.3. The molecule has 1 heterocycles. The van der Waals surface area contributed by atoms with Crippen LogP contribution in [0.25, 0.3) is 0 Å². The fourth-order valence-corrected chi connectivity index (χ4v) is 3.58. The summed E-state index contributed by atoms with van der Waals surface area (Å²) in [5, 5.41) is 0. The predicted octanol–water partition coefficient (Wildman–Crippen LogP) is 2.22. The van der Waals surface area contributed by atoms with Gasteiger partial charge in [-0.25, -0.2) is 0 Å². The normalized spacial score (nSPS) is 17.2. The van der Waals surface area contributed by atoms with E-state index in [1.165, 1.54) is 0 Å². The second kappa shape index (κ2) is 5.31. The molecule has 1 saturated heterocycles. The molecule has 0 saturated carbocycles. The molecule has 1 aliphatic rings. The molecule has 1 fully saturated rings. The topological polar surface area (TPSA) is 37.4 Å². The number of halogens is 1. The van der Waals surface area contributed by atoms with Gasteiger partial charge in [0, 0.05) is 51.1 Å². The fourth-order valence-electron chi connectivity index (χ4n) is 1.88. The van der Waals surface area contributed by atoms with Crippen LogP contribution in [-0.2, 0) is 10.8 Å². The zero-order chi connectivity index (χ0) is 12.4. The number of benzene rings is 1. The molecule has 5 heteroatoms. The van der Waals surface area contributed by atoms with Crippen LogP contribution >= 0.6 is 15.9 Å². The Labute approximate surface area is 112 Å². The summed E-state index contributed by atoms with van der Waals surface area (Å²) in [7, 11) is -0.659. The largest absolute Gasteiger partial charge is 0.370 e. The van der Waals surface area contributed by atoms with E-state index in [1.54, 1.807) is 6.92 Å². The smallest absolute Gasteiger partial charge is 0.160 e. The van der Waals surface area contributed by atoms with Crippen molar-refractivity contribution in [1.29, 1.82) is 0 Å². The minimum Gasteiger partial charge on any atom is -0.370 e. The predicted molar refractivity (Wildman–Crippen MR) is 74.2 cm³/mol. The summed E-state index contributed by atoms with van der Waals surface area (Å²) in [4.78, 5) is 13.5. The van der Waals surface area contributed by atoms with E-state index in [0.717, 1.165) is 34.8 Å². The number of ketones is 1.